The van der Waals surface area contributed by atoms with Crippen LogP contribution in [0.15, 0.2) is 24.3 Å². The number of nitrogens with zero attached hydrogens (tertiary/aromatic N) is 2. The van der Waals surface area contributed by atoms with Crippen LogP contribution in [0.25, 0.3) is 6.08 Å². The molecule has 1 fully saturated rings. The predicted molar refractivity (Wildman–Crippen MR) is 96.4 cm³/mol. The maximum absolute atomic E-state index is 12.4. The van der Waals surface area contributed by atoms with Crippen LogP contribution in [0.5, 0.6) is 11.5 Å². The van der Waals surface area contributed by atoms with Gasteiger partial charge in [0.2, 0.25) is 5.91 Å². The Morgan fingerprint density at radius 2 is 1.67 bits per heavy atom. The molecule has 1 aromatic rings. The highest BCUT2D eigenvalue weighted by molar-refractivity contribution is 5.92. The summed E-state index contributed by atoms with van der Waals surface area (Å²) in [5.41, 5.74) is 0.887. The summed E-state index contributed by atoms with van der Waals surface area (Å²) in [5.74, 6) is 2.14. The van der Waals surface area contributed by atoms with Crippen molar-refractivity contribution in [2.45, 2.75) is 13.8 Å². The number of carbonyl (C=O) groups is 1. The van der Waals surface area contributed by atoms with E-state index < -0.39 is 0 Å². The van der Waals surface area contributed by atoms with E-state index in [4.69, 9.17) is 9.47 Å². The molecule has 0 aromatic heterocycles. The molecule has 1 heterocycles. The van der Waals surface area contributed by atoms with Crippen LogP contribution in [0.3, 0.4) is 0 Å². The van der Waals surface area contributed by atoms with Gasteiger partial charge in [0.15, 0.2) is 0 Å². The summed E-state index contributed by atoms with van der Waals surface area (Å²) in [6, 6.07) is 5.58. The van der Waals surface area contributed by atoms with E-state index in [0.717, 1.165) is 38.3 Å². The van der Waals surface area contributed by atoms with E-state index in [0.29, 0.717) is 17.4 Å². The van der Waals surface area contributed by atoms with Crippen LogP contribution in [0.4, 0.5) is 0 Å². The first kappa shape index (κ1) is 18.3. The molecule has 1 aliphatic heterocycles. The van der Waals surface area contributed by atoms with E-state index in [1.54, 1.807) is 20.3 Å². The molecule has 1 saturated heterocycles. The summed E-state index contributed by atoms with van der Waals surface area (Å²) in [6.45, 7) is 9.02. The number of piperazine rings is 1. The number of methoxy groups -OCH3 is 2. The van der Waals surface area contributed by atoms with Crippen molar-refractivity contribution in [2.75, 3.05) is 46.9 Å². The summed E-state index contributed by atoms with van der Waals surface area (Å²) in [5, 5.41) is 0. The van der Waals surface area contributed by atoms with E-state index in [9.17, 15) is 4.79 Å². The molecule has 1 aromatic carbocycles. The van der Waals surface area contributed by atoms with Crippen molar-refractivity contribution in [1.29, 1.82) is 0 Å². The molecular formula is C19H28N2O3. The third kappa shape index (κ3) is 5.27. The van der Waals surface area contributed by atoms with Gasteiger partial charge < -0.3 is 14.4 Å². The molecular weight excluding hydrogens is 304 g/mol. The first-order valence-electron chi connectivity index (χ1n) is 8.44. The lowest BCUT2D eigenvalue weighted by Crippen LogP contribution is -2.49. The second-order valence-electron chi connectivity index (χ2n) is 6.50. The number of ether oxygens (including phenoxy) is 2. The molecule has 0 spiro atoms. The van der Waals surface area contributed by atoms with Gasteiger partial charge in [0.1, 0.15) is 11.5 Å². The second kappa shape index (κ2) is 8.73. The zero-order valence-electron chi connectivity index (χ0n) is 15.1. The molecule has 0 atom stereocenters. The van der Waals surface area contributed by atoms with Gasteiger partial charge >= 0.3 is 0 Å². The Hall–Kier alpha value is -2.01. The van der Waals surface area contributed by atoms with Crippen molar-refractivity contribution < 1.29 is 14.3 Å². The number of amides is 1. The zero-order chi connectivity index (χ0) is 17.5. The maximum atomic E-state index is 12.4. The monoisotopic (exact) mass is 332 g/mol. The fourth-order valence-electron chi connectivity index (χ4n) is 2.87. The number of carbonyl (C=O) groups excluding carboxylic acids is 1. The Morgan fingerprint density at radius 3 is 2.17 bits per heavy atom. The summed E-state index contributed by atoms with van der Waals surface area (Å²) >= 11 is 0. The van der Waals surface area contributed by atoms with Crippen LogP contribution in [0, 0.1) is 5.92 Å². The smallest absolute Gasteiger partial charge is 0.246 e. The zero-order valence-corrected chi connectivity index (χ0v) is 15.1. The fraction of sp³-hybridized carbons (Fsp3) is 0.526. The van der Waals surface area contributed by atoms with Gasteiger partial charge in [-0.25, -0.2) is 0 Å². The Bertz CT molecular complexity index is 554. The maximum Gasteiger partial charge on any atom is 0.246 e. The number of hydrogen-bond donors (Lipinski definition) is 0. The van der Waals surface area contributed by atoms with Gasteiger partial charge in [-0.05, 0) is 29.7 Å². The highest BCUT2D eigenvalue weighted by Crippen LogP contribution is 2.23. The minimum Gasteiger partial charge on any atom is -0.497 e. The minimum atomic E-state index is 0.0565. The van der Waals surface area contributed by atoms with Crippen molar-refractivity contribution >= 4 is 12.0 Å². The summed E-state index contributed by atoms with van der Waals surface area (Å²) in [6.07, 6.45) is 3.44. The van der Waals surface area contributed by atoms with Crippen LogP contribution in [0.2, 0.25) is 0 Å². The number of hydrogen-bond acceptors (Lipinski definition) is 4. The van der Waals surface area contributed by atoms with Crippen LogP contribution < -0.4 is 9.47 Å². The van der Waals surface area contributed by atoms with Crippen molar-refractivity contribution in [3.05, 3.63) is 29.8 Å². The van der Waals surface area contributed by atoms with Gasteiger partial charge in [-0.3, -0.25) is 9.69 Å². The van der Waals surface area contributed by atoms with Crippen molar-refractivity contribution in [3.8, 4) is 11.5 Å². The van der Waals surface area contributed by atoms with Crippen LogP contribution in [-0.4, -0.2) is 62.7 Å². The van der Waals surface area contributed by atoms with E-state index in [-0.39, 0.29) is 5.91 Å². The highest BCUT2D eigenvalue weighted by Gasteiger charge is 2.19. The molecule has 5 nitrogen and oxygen atoms in total. The molecule has 0 radical (unpaired) electrons. The van der Waals surface area contributed by atoms with E-state index in [1.165, 1.54) is 0 Å². The quantitative estimate of drug-likeness (QED) is 0.751. The van der Waals surface area contributed by atoms with Crippen molar-refractivity contribution in [2.24, 2.45) is 5.92 Å². The van der Waals surface area contributed by atoms with Gasteiger partial charge in [-0.15, -0.1) is 0 Å². The first-order valence-corrected chi connectivity index (χ1v) is 8.44. The Labute approximate surface area is 144 Å². The third-order valence-corrected chi connectivity index (χ3v) is 4.10. The van der Waals surface area contributed by atoms with Gasteiger partial charge in [-0.1, -0.05) is 13.8 Å². The van der Waals surface area contributed by atoms with Crippen LogP contribution >= 0.6 is 0 Å². The molecule has 24 heavy (non-hydrogen) atoms. The SMILES string of the molecule is COc1cc(/C=C/C(=O)N2CCN(CC(C)C)CC2)cc(OC)c1. The molecule has 0 saturated carbocycles. The fourth-order valence-corrected chi connectivity index (χ4v) is 2.87. The average Bonchev–Trinajstić information content (AvgIpc) is 2.59. The number of rotatable bonds is 6. The lowest BCUT2D eigenvalue weighted by Gasteiger charge is -2.35. The van der Waals surface area contributed by atoms with Gasteiger partial charge in [-0.2, -0.15) is 0 Å². The van der Waals surface area contributed by atoms with Gasteiger partial charge in [0.25, 0.3) is 0 Å². The van der Waals surface area contributed by atoms with E-state index >= 15 is 0 Å². The molecule has 132 valence electrons. The standard InChI is InChI=1S/C19H28N2O3/c1-15(2)14-20-7-9-21(10-8-20)19(22)6-5-16-11-17(23-3)13-18(12-16)24-4/h5-6,11-13,15H,7-10,14H2,1-4H3/b6-5+. The highest BCUT2D eigenvalue weighted by atomic mass is 16.5. The molecule has 0 bridgehead atoms. The first-order chi connectivity index (χ1) is 11.5. The van der Waals surface area contributed by atoms with Crippen molar-refractivity contribution in [1.82, 2.24) is 9.80 Å². The Kier molecular flexibility index (Phi) is 6.67. The largest absolute Gasteiger partial charge is 0.497 e. The average molecular weight is 332 g/mol. The summed E-state index contributed by atoms with van der Waals surface area (Å²) in [4.78, 5) is 16.7. The Morgan fingerprint density at radius 1 is 1.08 bits per heavy atom. The van der Waals surface area contributed by atoms with Gasteiger partial charge in [0.05, 0.1) is 14.2 Å². The van der Waals surface area contributed by atoms with E-state index in [1.807, 2.05) is 29.2 Å². The van der Waals surface area contributed by atoms with Crippen molar-refractivity contribution in [3.63, 3.8) is 0 Å². The summed E-state index contributed by atoms with van der Waals surface area (Å²) in [7, 11) is 3.23. The summed E-state index contributed by atoms with van der Waals surface area (Å²) < 4.78 is 10.5. The van der Waals surface area contributed by atoms with Crippen LogP contribution in [-0.2, 0) is 4.79 Å². The Balaban J connectivity index is 1.94. The molecule has 1 aliphatic rings. The second-order valence-corrected chi connectivity index (χ2v) is 6.50. The minimum absolute atomic E-state index is 0.0565. The van der Waals surface area contributed by atoms with Crippen LogP contribution in [0.1, 0.15) is 19.4 Å². The topological polar surface area (TPSA) is 42.0 Å². The molecule has 5 heteroatoms. The lowest BCUT2D eigenvalue weighted by atomic mass is 10.1. The molecule has 2 rings (SSSR count). The molecule has 0 N–H and O–H groups in total. The number of benzene rings is 1. The van der Waals surface area contributed by atoms with Gasteiger partial charge in [0, 0.05) is 44.9 Å². The predicted octanol–water partition coefficient (Wildman–Crippen LogP) is 2.52. The third-order valence-electron chi connectivity index (χ3n) is 4.10. The normalized spacial score (nSPS) is 16.0. The van der Waals surface area contributed by atoms with E-state index in [2.05, 4.69) is 18.7 Å². The molecule has 0 aliphatic carbocycles. The lowest BCUT2D eigenvalue weighted by molar-refractivity contribution is -0.127. The molecule has 1 amide bonds. The molecule has 0 unspecified atom stereocenters.